The average molecular weight is 389 g/mol. The summed E-state index contributed by atoms with van der Waals surface area (Å²) in [5, 5.41) is 11.4. The van der Waals surface area contributed by atoms with E-state index >= 15 is 0 Å². The molecule has 0 saturated heterocycles. The number of nitrogens with one attached hydrogen (secondary N) is 2. The topological polar surface area (TPSA) is 93.2 Å². The van der Waals surface area contributed by atoms with E-state index in [1.165, 1.54) is 19.3 Å². The third-order valence-electron chi connectivity index (χ3n) is 5.18. The van der Waals surface area contributed by atoms with Crippen molar-refractivity contribution in [1.29, 1.82) is 0 Å². The molecule has 0 bridgehead atoms. The standard InChI is InChI=1S/C21H23N7O/c1-3-8-15(9-4-1)14-22-20-25-19(23-16-10-5-2-6-11-16)26-21-24-18(27-28(20)21)17-12-7-13-29-17/h1,3-4,7-9,12-13,16H,2,5-6,10-11,14H2,(H2,22,23,24,25,26,27). The van der Waals surface area contributed by atoms with E-state index in [9.17, 15) is 0 Å². The summed E-state index contributed by atoms with van der Waals surface area (Å²) in [4.78, 5) is 13.9. The Morgan fingerprint density at radius 3 is 2.62 bits per heavy atom. The molecule has 0 spiro atoms. The summed E-state index contributed by atoms with van der Waals surface area (Å²) >= 11 is 0. The zero-order valence-corrected chi connectivity index (χ0v) is 16.1. The molecule has 0 aliphatic heterocycles. The predicted molar refractivity (Wildman–Crippen MR) is 111 cm³/mol. The van der Waals surface area contributed by atoms with Crippen molar-refractivity contribution < 1.29 is 4.42 Å². The number of aromatic nitrogens is 5. The van der Waals surface area contributed by atoms with Crippen LogP contribution >= 0.6 is 0 Å². The van der Waals surface area contributed by atoms with Gasteiger partial charge in [-0.3, -0.25) is 0 Å². The van der Waals surface area contributed by atoms with Crippen LogP contribution in [0.15, 0.2) is 53.1 Å². The van der Waals surface area contributed by atoms with Crippen molar-refractivity contribution in [2.45, 2.75) is 44.7 Å². The Labute approximate surface area is 168 Å². The molecule has 3 aromatic heterocycles. The Kier molecular flexibility index (Phi) is 4.81. The molecule has 2 N–H and O–H groups in total. The van der Waals surface area contributed by atoms with Crippen LogP contribution in [0.5, 0.6) is 0 Å². The molecule has 0 unspecified atom stereocenters. The second kappa shape index (κ2) is 7.90. The van der Waals surface area contributed by atoms with Gasteiger partial charge in [0.2, 0.25) is 17.7 Å². The van der Waals surface area contributed by atoms with E-state index in [0.29, 0.717) is 41.8 Å². The molecule has 1 aliphatic carbocycles. The van der Waals surface area contributed by atoms with Crippen LogP contribution in [0.1, 0.15) is 37.7 Å². The highest BCUT2D eigenvalue weighted by molar-refractivity contribution is 5.53. The fourth-order valence-corrected chi connectivity index (χ4v) is 3.68. The summed E-state index contributed by atoms with van der Waals surface area (Å²) in [7, 11) is 0. The Morgan fingerprint density at radius 1 is 0.966 bits per heavy atom. The fraction of sp³-hybridized carbons (Fsp3) is 0.333. The van der Waals surface area contributed by atoms with Crippen molar-refractivity contribution >= 4 is 17.7 Å². The highest BCUT2D eigenvalue weighted by Crippen LogP contribution is 2.22. The van der Waals surface area contributed by atoms with E-state index in [-0.39, 0.29) is 0 Å². The lowest BCUT2D eigenvalue weighted by Gasteiger charge is -2.22. The normalized spacial score (nSPS) is 14.9. The molecule has 1 aliphatic rings. The van der Waals surface area contributed by atoms with Gasteiger partial charge in [0, 0.05) is 12.6 Å². The van der Waals surface area contributed by atoms with Crippen LogP contribution in [-0.2, 0) is 6.54 Å². The number of anilines is 2. The Balaban J connectivity index is 1.48. The first-order valence-electron chi connectivity index (χ1n) is 10.1. The van der Waals surface area contributed by atoms with E-state index in [2.05, 4.69) is 37.8 Å². The minimum atomic E-state index is 0.403. The van der Waals surface area contributed by atoms with Gasteiger partial charge in [-0.1, -0.05) is 49.6 Å². The van der Waals surface area contributed by atoms with E-state index < -0.39 is 0 Å². The van der Waals surface area contributed by atoms with Gasteiger partial charge < -0.3 is 15.1 Å². The van der Waals surface area contributed by atoms with Gasteiger partial charge in [-0.2, -0.15) is 19.5 Å². The maximum absolute atomic E-state index is 5.45. The quantitative estimate of drug-likeness (QED) is 0.512. The van der Waals surface area contributed by atoms with E-state index in [1.807, 2.05) is 30.3 Å². The largest absolute Gasteiger partial charge is 0.461 e. The molecule has 1 aromatic carbocycles. The molecule has 3 heterocycles. The van der Waals surface area contributed by atoms with Crippen LogP contribution in [0.2, 0.25) is 0 Å². The minimum absolute atomic E-state index is 0.403. The van der Waals surface area contributed by atoms with Crippen LogP contribution in [0.25, 0.3) is 17.4 Å². The summed E-state index contributed by atoms with van der Waals surface area (Å²) in [6.07, 6.45) is 7.69. The average Bonchev–Trinajstić information content (AvgIpc) is 3.43. The van der Waals surface area contributed by atoms with Gasteiger partial charge in [0.1, 0.15) is 0 Å². The van der Waals surface area contributed by atoms with E-state index in [4.69, 9.17) is 9.40 Å². The van der Waals surface area contributed by atoms with Crippen molar-refractivity contribution in [1.82, 2.24) is 24.6 Å². The maximum Gasteiger partial charge on any atom is 0.259 e. The van der Waals surface area contributed by atoms with Gasteiger partial charge in [0.05, 0.1) is 6.26 Å². The van der Waals surface area contributed by atoms with Crippen LogP contribution in [0.3, 0.4) is 0 Å². The monoisotopic (exact) mass is 389 g/mol. The van der Waals surface area contributed by atoms with Crippen molar-refractivity contribution in [3.63, 3.8) is 0 Å². The number of fused-ring (bicyclic) bond motifs is 1. The van der Waals surface area contributed by atoms with E-state index in [0.717, 1.165) is 18.4 Å². The number of rotatable bonds is 6. The highest BCUT2D eigenvalue weighted by atomic mass is 16.3. The van der Waals surface area contributed by atoms with Crippen molar-refractivity contribution in [2.24, 2.45) is 0 Å². The van der Waals surface area contributed by atoms with E-state index in [1.54, 1.807) is 10.8 Å². The molecule has 0 amide bonds. The van der Waals surface area contributed by atoms with Gasteiger partial charge in [-0.15, -0.1) is 5.10 Å². The first-order valence-corrected chi connectivity index (χ1v) is 10.1. The molecule has 1 saturated carbocycles. The lowest BCUT2D eigenvalue weighted by molar-refractivity contribution is 0.461. The SMILES string of the molecule is c1ccc(CNc2nc(NC3CCCCC3)nc3nc(-c4ccco4)nn23)cc1. The van der Waals surface area contributed by atoms with Crippen molar-refractivity contribution in [2.75, 3.05) is 10.6 Å². The van der Waals surface area contributed by atoms with Crippen LogP contribution in [0.4, 0.5) is 11.9 Å². The number of benzene rings is 1. The molecule has 0 atom stereocenters. The molecule has 0 radical (unpaired) electrons. The zero-order chi connectivity index (χ0) is 19.5. The van der Waals surface area contributed by atoms with Crippen molar-refractivity contribution in [3.8, 4) is 11.6 Å². The predicted octanol–water partition coefficient (Wildman–Crippen LogP) is 4.14. The smallest absolute Gasteiger partial charge is 0.259 e. The Morgan fingerprint density at radius 2 is 1.83 bits per heavy atom. The summed E-state index contributed by atoms with van der Waals surface area (Å²) < 4.78 is 7.08. The Hall–Kier alpha value is -3.42. The zero-order valence-electron chi connectivity index (χ0n) is 16.1. The molecule has 8 heteroatoms. The van der Waals surface area contributed by atoms with Gasteiger partial charge in [0.15, 0.2) is 5.76 Å². The lowest BCUT2D eigenvalue weighted by Crippen LogP contribution is -2.24. The summed E-state index contributed by atoms with van der Waals surface area (Å²) in [6, 6.07) is 14.2. The first kappa shape index (κ1) is 17.7. The number of hydrogen-bond donors (Lipinski definition) is 2. The Bertz CT molecular complexity index is 1070. The molecular formula is C21H23N7O. The second-order valence-electron chi connectivity index (χ2n) is 7.31. The molecule has 5 rings (SSSR count). The molecule has 29 heavy (non-hydrogen) atoms. The van der Waals surface area contributed by atoms with Crippen molar-refractivity contribution in [3.05, 3.63) is 54.3 Å². The first-order chi connectivity index (χ1) is 14.3. The van der Waals surface area contributed by atoms with Gasteiger partial charge in [-0.05, 0) is 30.5 Å². The second-order valence-corrected chi connectivity index (χ2v) is 7.31. The summed E-state index contributed by atoms with van der Waals surface area (Å²) in [6.45, 7) is 0.631. The molecule has 4 aromatic rings. The number of furan rings is 1. The van der Waals surface area contributed by atoms with Crippen LogP contribution < -0.4 is 10.6 Å². The van der Waals surface area contributed by atoms with Gasteiger partial charge in [0.25, 0.3) is 5.78 Å². The third kappa shape index (κ3) is 3.91. The molecule has 148 valence electrons. The van der Waals surface area contributed by atoms with Crippen LogP contribution in [-0.4, -0.2) is 30.6 Å². The summed E-state index contributed by atoms with van der Waals surface area (Å²) in [5.41, 5.74) is 1.16. The third-order valence-corrected chi connectivity index (χ3v) is 5.18. The summed E-state index contributed by atoms with van der Waals surface area (Å²) in [5.74, 6) is 2.76. The highest BCUT2D eigenvalue weighted by Gasteiger charge is 2.18. The number of hydrogen-bond acceptors (Lipinski definition) is 7. The fourth-order valence-electron chi connectivity index (χ4n) is 3.68. The number of nitrogens with zero attached hydrogens (tertiary/aromatic N) is 5. The molecule has 8 nitrogen and oxygen atoms in total. The van der Waals surface area contributed by atoms with Gasteiger partial charge >= 0.3 is 0 Å². The molecule has 1 fully saturated rings. The lowest BCUT2D eigenvalue weighted by atomic mass is 9.96. The van der Waals surface area contributed by atoms with Gasteiger partial charge in [-0.25, -0.2) is 0 Å². The maximum atomic E-state index is 5.45. The molecular weight excluding hydrogens is 366 g/mol. The minimum Gasteiger partial charge on any atom is -0.461 e. The van der Waals surface area contributed by atoms with Crippen LogP contribution in [0, 0.1) is 0 Å².